The molecule has 0 atom stereocenters. The van der Waals surface area contributed by atoms with Crippen molar-refractivity contribution < 1.29 is 4.79 Å². The molecule has 104 valence electrons. The molecule has 0 bridgehead atoms. The van der Waals surface area contributed by atoms with Gasteiger partial charge in [-0.2, -0.15) is 0 Å². The Kier molecular flexibility index (Phi) is 3.01. The van der Waals surface area contributed by atoms with E-state index in [2.05, 4.69) is 0 Å². The number of aromatic nitrogens is 1. The molecule has 0 radical (unpaired) electrons. The molecule has 2 heterocycles. The van der Waals surface area contributed by atoms with Crippen LogP contribution in [0.2, 0.25) is 0 Å². The molecule has 2 aromatic rings. The molecule has 0 spiro atoms. The summed E-state index contributed by atoms with van der Waals surface area (Å²) in [5.74, 6) is 0.0483. The largest absolute Gasteiger partial charge is 0.398 e. The van der Waals surface area contributed by atoms with Crippen LogP contribution in [0.25, 0.3) is 0 Å². The molecule has 0 saturated carbocycles. The summed E-state index contributed by atoms with van der Waals surface area (Å²) in [7, 11) is 1.92. The van der Waals surface area contributed by atoms with Gasteiger partial charge in [0.15, 0.2) is 0 Å². The van der Waals surface area contributed by atoms with Gasteiger partial charge in [-0.05, 0) is 49.6 Å². The Bertz CT molecular complexity index is 672. The molecule has 1 amide bonds. The first-order valence-electron chi connectivity index (χ1n) is 6.91. The normalized spacial score (nSPS) is 14.2. The predicted octanol–water partition coefficient (Wildman–Crippen LogP) is 2.51. The summed E-state index contributed by atoms with van der Waals surface area (Å²) in [6.45, 7) is 2.75. The highest BCUT2D eigenvalue weighted by molar-refractivity contribution is 6.06. The molecule has 3 rings (SSSR count). The summed E-state index contributed by atoms with van der Waals surface area (Å²) in [6, 6.07) is 9.66. The van der Waals surface area contributed by atoms with Crippen molar-refractivity contribution in [1.29, 1.82) is 0 Å². The summed E-state index contributed by atoms with van der Waals surface area (Å²) in [6.07, 6.45) is 1.90. The van der Waals surface area contributed by atoms with Crippen LogP contribution in [0.1, 0.15) is 28.2 Å². The number of anilines is 2. The number of nitrogen functional groups attached to an aromatic ring is 1. The first-order valence-corrected chi connectivity index (χ1v) is 6.91. The number of hydrogen-bond acceptors (Lipinski definition) is 2. The fraction of sp³-hybridized carbons (Fsp3) is 0.312. The zero-order valence-corrected chi connectivity index (χ0v) is 11.9. The zero-order valence-electron chi connectivity index (χ0n) is 11.9. The SMILES string of the molecule is Cc1ccc(C(=O)N2CCCc3c(N)cccc32)n1C. The lowest BCUT2D eigenvalue weighted by Crippen LogP contribution is -2.36. The third kappa shape index (κ3) is 1.88. The van der Waals surface area contributed by atoms with Crippen molar-refractivity contribution in [2.75, 3.05) is 17.2 Å². The standard InChI is InChI=1S/C16H19N3O/c1-11-8-9-15(18(11)2)16(20)19-10-4-5-12-13(17)6-3-7-14(12)19/h3,6-9H,4-5,10,17H2,1-2H3. The van der Waals surface area contributed by atoms with Crippen LogP contribution in [0.4, 0.5) is 11.4 Å². The summed E-state index contributed by atoms with van der Waals surface area (Å²) >= 11 is 0. The van der Waals surface area contributed by atoms with Crippen molar-refractivity contribution in [3.63, 3.8) is 0 Å². The van der Waals surface area contributed by atoms with E-state index < -0.39 is 0 Å². The Balaban J connectivity index is 2.03. The number of hydrogen-bond donors (Lipinski definition) is 1. The van der Waals surface area contributed by atoms with E-state index in [1.54, 1.807) is 0 Å². The monoisotopic (exact) mass is 269 g/mol. The number of nitrogens with two attached hydrogens (primary N) is 1. The van der Waals surface area contributed by atoms with Crippen molar-refractivity contribution in [2.45, 2.75) is 19.8 Å². The van der Waals surface area contributed by atoms with Gasteiger partial charge in [0.1, 0.15) is 5.69 Å². The van der Waals surface area contributed by atoms with Crippen LogP contribution in [0.3, 0.4) is 0 Å². The maximum atomic E-state index is 12.8. The predicted molar refractivity (Wildman–Crippen MR) is 81.0 cm³/mol. The van der Waals surface area contributed by atoms with E-state index in [-0.39, 0.29) is 5.91 Å². The number of aryl methyl sites for hydroxylation is 1. The van der Waals surface area contributed by atoms with E-state index in [0.29, 0.717) is 0 Å². The number of nitrogens with zero attached hydrogens (tertiary/aromatic N) is 2. The third-order valence-corrected chi connectivity index (χ3v) is 4.12. The quantitative estimate of drug-likeness (QED) is 0.809. The van der Waals surface area contributed by atoms with Gasteiger partial charge in [0.05, 0.1) is 0 Å². The number of fused-ring (bicyclic) bond motifs is 1. The third-order valence-electron chi connectivity index (χ3n) is 4.12. The van der Waals surface area contributed by atoms with Crippen molar-refractivity contribution >= 4 is 17.3 Å². The minimum absolute atomic E-state index is 0.0483. The van der Waals surface area contributed by atoms with Gasteiger partial charge in [-0.15, -0.1) is 0 Å². The molecule has 1 aromatic heterocycles. The molecule has 1 aromatic carbocycles. The minimum atomic E-state index is 0.0483. The van der Waals surface area contributed by atoms with Crippen LogP contribution in [-0.2, 0) is 13.5 Å². The Hall–Kier alpha value is -2.23. The first-order chi connectivity index (χ1) is 9.59. The van der Waals surface area contributed by atoms with E-state index >= 15 is 0 Å². The number of amides is 1. The Morgan fingerprint density at radius 2 is 2.05 bits per heavy atom. The van der Waals surface area contributed by atoms with Crippen LogP contribution in [-0.4, -0.2) is 17.0 Å². The van der Waals surface area contributed by atoms with Crippen molar-refractivity contribution in [1.82, 2.24) is 4.57 Å². The number of benzene rings is 1. The molecule has 1 aliphatic rings. The summed E-state index contributed by atoms with van der Waals surface area (Å²) in [5, 5.41) is 0. The van der Waals surface area contributed by atoms with Gasteiger partial charge in [-0.25, -0.2) is 0 Å². The molecular formula is C16H19N3O. The molecule has 4 heteroatoms. The second kappa shape index (κ2) is 4.71. The number of carbonyl (C=O) groups excluding carboxylic acids is 1. The Labute approximate surface area is 118 Å². The van der Waals surface area contributed by atoms with Gasteiger partial charge in [-0.3, -0.25) is 4.79 Å². The highest BCUT2D eigenvalue weighted by Crippen LogP contribution is 2.32. The van der Waals surface area contributed by atoms with Crippen LogP contribution >= 0.6 is 0 Å². The lowest BCUT2D eigenvalue weighted by Gasteiger charge is -2.30. The van der Waals surface area contributed by atoms with Gasteiger partial charge >= 0.3 is 0 Å². The van der Waals surface area contributed by atoms with Crippen molar-refractivity contribution in [3.05, 3.63) is 47.3 Å². The highest BCUT2D eigenvalue weighted by atomic mass is 16.2. The van der Waals surface area contributed by atoms with Crippen LogP contribution in [0, 0.1) is 6.92 Å². The molecule has 0 unspecified atom stereocenters. The zero-order chi connectivity index (χ0) is 14.3. The smallest absolute Gasteiger partial charge is 0.274 e. The van der Waals surface area contributed by atoms with E-state index in [9.17, 15) is 4.79 Å². The lowest BCUT2D eigenvalue weighted by molar-refractivity contribution is 0.0977. The molecule has 2 N–H and O–H groups in total. The van der Waals surface area contributed by atoms with Gasteiger partial charge in [0.25, 0.3) is 5.91 Å². The number of carbonyl (C=O) groups is 1. The van der Waals surface area contributed by atoms with E-state index in [1.165, 1.54) is 0 Å². The molecule has 4 nitrogen and oxygen atoms in total. The van der Waals surface area contributed by atoms with Gasteiger partial charge in [-0.1, -0.05) is 6.07 Å². The second-order valence-electron chi connectivity index (χ2n) is 5.32. The lowest BCUT2D eigenvalue weighted by atomic mass is 9.99. The van der Waals surface area contributed by atoms with Crippen LogP contribution < -0.4 is 10.6 Å². The fourth-order valence-electron chi connectivity index (χ4n) is 2.83. The number of rotatable bonds is 1. The van der Waals surface area contributed by atoms with Crippen molar-refractivity contribution in [3.8, 4) is 0 Å². The van der Waals surface area contributed by atoms with Gasteiger partial charge in [0.2, 0.25) is 0 Å². The van der Waals surface area contributed by atoms with E-state index in [0.717, 1.165) is 47.7 Å². The average molecular weight is 269 g/mol. The topological polar surface area (TPSA) is 51.3 Å². The van der Waals surface area contributed by atoms with Crippen LogP contribution in [0.5, 0.6) is 0 Å². The van der Waals surface area contributed by atoms with Gasteiger partial charge in [0, 0.05) is 30.7 Å². The second-order valence-corrected chi connectivity index (χ2v) is 5.32. The van der Waals surface area contributed by atoms with E-state index in [4.69, 9.17) is 5.73 Å². The van der Waals surface area contributed by atoms with Crippen LogP contribution in [0.15, 0.2) is 30.3 Å². The molecule has 0 fully saturated rings. The Morgan fingerprint density at radius 3 is 2.75 bits per heavy atom. The molecule has 1 aliphatic heterocycles. The highest BCUT2D eigenvalue weighted by Gasteiger charge is 2.26. The fourth-order valence-corrected chi connectivity index (χ4v) is 2.83. The molecule has 0 aliphatic carbocycles. The van der Waals surface area contributed by atoms with Crippen molar-refractivity contribution in [2.24, 2.45) is 7.05 Å². The summed E-state index contributed by atoms with van der Waals surface area (Å²) in [4.78, 5) is 14.6. The summed E-state index contributed by atoms with van der Waals surface area (Å²) in [5.41, 5.74) is 10.7. The summed E-state index contributed by atoms with van der Waals surface area (Å²) < 4.78 is 1.93. The molecular weight excluding hydrogens is 250 g/mol. The first kappa shape index (κ1) is 12.8. The Morgan fingerprint density at radius 1 is 1.25 bits per heavy atom. The van der Waals surface area contributed by atoms with E-state index in [1.807, 2.05) is 53.8 Å². The maximum absolute atomic E-state index is 12.8. The minimum Gasteiger partial charge on any atom is -0.398 e. The van der Waals surface area contributed by atoms with Gasteiger partial charge < -0.3 is 15.2 Å². The average Bonchev–Trinajstić information content (AvgIpc) is 2.78. The maximum Gasteiger partial charge on any atom is 0.274 e. The molecule has 0 saturated heterocycles. The molecule has 20 heavy (non-hydrogen) atoms.